The lowest BCUT2D eigenvalue weighted by molar-refractivity contribution is -0.103. The second-order valence-electron chi connectivity index (χ2n) is 5.06. The number of aromatic nitrogens is 2. The third kappa shape index (κ3) is 2.28. The first-order chi connectivity index (χ1) is 8.83. The van der Waals surface area contributed by atoms with Crippen molar-refractivity contribution < 1.29 is 9.47 Å². The lowest BCUT2D eigenvalue weighted by Crippen LogP contribution is -2.45. The lowest BCUT2D eigenvalue weighted by Gasteiger charge is -2.39. The minimum absolute atomic E-state index is 0.0603. The van der Waals surface area contributed by atoms with Gasteiger partial charge in [0.1, 0.15) is 0 Å². The third-order valence-electron chi connectivity index (χ3n) is 3.94. The van der Waals surface area contributed by atoms with E-state index in [4.69, 9.17) is 15.3 Å². The predicted octanol–water partition coefficient (Wildman–Crippen LogP) is 0.628. The Labute approximate surface area is 110 Å². The first-order valence-electron chi connectivity index (χ1n) is 6.28. The number of nitrogens with zero attached hydrogens (tertiary/aromatic N) is 2. The van der Waals surface area contributed by atoms with E-state index in [1.54, 1.807) is 0 Å². The maximum atomic E-state index is 5.94. The van der Waals surface area contributed by atoms with Crippen LogP contribution in [0.25, 0.3) is 0 Å². The van der Waals surface area contributed by atoms with Gasteiger partial charge in [-0.25, -0.2) is 0 Å². The Morgan fingerprint density at radius 1 is 1.56 bits per heavy atom. The number of nitrogens with one attached hydrogen (secondary N) is 1. The molecule has 2 saturated heterocycles. The largest absolute Gasteiger partial charge is 0.378 e. The van der Waals surface area contributed by atoms with Crippen molar-refractivity contribution in [1.82, 2.24) is 15.0 Å². The van der Waals surface area contributed by atoms with Gasteiger partial charge in [-0.2, -0.15) is 0 Å². The van der Waals surface area contributed by atoms with Crippen LogP contribution in [0.4, 0.5) is 0 Å². The Hall–Kier alpha value is -0.600. The highest BCUT2D eigenvalue weighted by Crippen LogP contribution is 2.40. The summed E-state index contributed by atoms with van der Waals surface area (Å²) in [5.74, 6) is 6.12. The van der Waals surface area contributed by atoms with Gasteiger partial charge in [0.2, 0.25) is 0 Å². The maximum absolute atomic E-state index is 5.94. The Kier molecular flexibility index (Phi) is 3.58. The van der Waals surface area contributed by atoms with Crippen molar-refractivity contribution in [3.05, 3.63) is 11.1 Å². The first kappa shape index (κ1) is 12.4. The predicted molar refractivity (Wildman–Crippen MR) is 66.8 cm³/mol. The second kappa shape index (κ2) is 5.18. The van der Waals surface area contributed by atoms with E-state index in [1.165, 1.54) is 11.5 Å². The summed E-state index contributed by atoms with van der Waals surface area (Å²) in [6.45, 7) is 2.27. The molecule has 2 fully saturated rings. The van der Waals surface area contributed by atoms with Gasteiger partial charge < -0.3 is 9.47 Å². The third-order valence-corrected chi connectivity index (χ3v) is 4.47. The van der Waals surface area contributed by atoms with Crippen molar-refractivity contribution in [3.8, 4) is 0 Å². The van der Waals surface area contributed by atoms with Crippen LogP contribution in [-0.4, -0.2) is 35.0 Å². The van der Waals surface area contributed by atoms with Gasteiger partial charge >= 0.3 is 0 Å². The molecule has 0 radical (unpaired) electrons. The molecule has 3 atom stereocenters. The summed E-state index contributed by atoms with van der Waals surface area (Å²) in [6, 6.07) is 0.0603. The Balaban J connectivity index is 1.74. The molecular weight excluding hydrogens is 252 g/mol. The molecule has 0 aliphatic carbocycles. The molecule has 0 bridgehead atoms. The molecule has 3 rings (SSSR count). The fraction of sp³-hybridized carbons (Fsp3) is 0.818. The molecule has 0 aromatic carbocycles. The molecule has 3 heterocycles. The van der Waals surface area contributed by atoms with E-state index in [9.17, 15) is 0 Å². The quantitative estimate of drug-likeness (QED) is 0.619. The first-order valence-corrected chi connectivity index (χ1v) is 7.11. The zero-order valence-corrected chi connectivity index (χ0v) is 11.0. The van der Waals surface area contributed by atoms with Gasteiger partial charge in [0, 0.05) is 25.0 Å². The van der Waals surface area contributed by atoms with Crippen LogP contribution in [-0.2, 0) is 9.47 Å². The summed E-state index contributed by atoms with van der Waals surface area (Å²) in [6.07, 6.45) is 2.95. The van der Waals surface area contributed by atoms with Crippen molar-refractivity contribution >= 4 is 11.5 Å². The standard InChI is InChI=1S/C11H18N4O2S/c12-13-10(9-6-18-15-14-9)8-1-3-17-11(5-8)2-4-16-7-11/h6,8,10,13H,1-5,7,12H2. The van der Waals surface area contributed by atoms with E-state index in [0.29, 0.717) is 12.5 Å². The van der Waals surface area contributed by atoms with Crippen molar-refractivity contribution in [2.24, 2.45) is 11.8 Å². The molecule has 0 amide bonds. The number of nitrogens with two attached hydrogens (primary N) is 1. The average molecular weight is 270 g/mol. The molecule has 1 spiro atoms. The van der Waals surface area contributed by atoms with E-state index >= 15 is 0 Å². The zero-order valence-electron chi connectivity index (χ0n) is 10.2. The summed E-state index contributed by atoms with van der Waals surface area (Å²) in [4.78, 5) is 0. The molecule has 7 heteroatoms. The minimum atomic E-state index is -0.0958. The molecule has 18 heavy (non-hydrogen) atoms. The monoisotopic (exact) mass is 270 g/mol. The minimum Gasteiger partial charge on any atom is -0.378 e. The smallest absolute Gasteiger partial charge is 0.0941 e. The summed E-state index contributed by atoms with van der Waals surface area (Å²) in [5.41, 5.74) is 3.73. The van der Waals surface area contributed by atoms with Crippen molar-refractivity contribution in [2.45, 2.75) is 30.9 Å². The van der Waals surface area contributed by atoms with Gasteiger partial charge in [-0.3, -0.25) is 11.3 Å². The maximum Gasteiger partial charge on any atom is 0.0941 e. The van der Waals surface area contributed by atoms with Crippen molar-refractivity contribution in [1.29, 1.82) is 0 Å². The van der Waals surface area contributed by atoms with E-state index in [2.05, 4.69) is 15.0 Å². The highest BCUT2D eigenvalue weighted by molar-refractivity contribution is 7.03. The fourth-order valence-corrected chi connectivity index (χ4v) is 3.47. The lowest BCUT2D eigenvalue weighted by atomic mass is 9.80. The molecule has 0 saturated carbocycles. The van der Waals surface area contributed by atoms with E-state index in [-0.39, 0.29) is 11.6 Å². The summed E-state index contributed by atoms with van der Waals surface area (Å²) >= 11 is 1.36. The van der Waals surface area contributed by atoms with Crippen LogP contribution in [0.2, 0.25) is 0 Å². The van der Waals surface area contributed by atoms with Crippen LogP contribution >= 0.6 is 11.5 Å². The number of rotatable bonds is 3. The van der Waals surface area contributed by atoms with Crippen LogP contribution in [0.3, 0.4) is 0 Å². The number of hydrogen-bond acceptors (Lipinski definition) is 7. The molecule has 3 N–H and O–H groups in total. The molecule has 1 aromatic heterocycles. The Morgan fingerprint density at radius 2 is 2.50 bits per heavy atom. The molecule has 2 aliphatic heterocycles. The Morgan fingerprint density at radius 3 is 3.17 bits per heavy atom. The number of ether oxygens (including phenoxy) is 2. The van der Waals surface area contributed by atoms with Crippen molar-refractivity contribution in [2.75, 3.05) is 19.8 Å². The molecular formula is C11H18N4O2S. The topological polar surface area (TPSA) is 82.3 Å². The van der Waals surface area contributed by atoms with Crippen LogP contribution in [0.15, 0.2) is 5.38 Å². The van der Waals surface area contributed by atoms with Crippen LogP contribution in [0, 0.1) is 5.92 Å². The SMILES string of the molecule is NNC(c1csnn1)C1CCOC2(CCOC2)C1. The fourth-order valence-electron chi connectivity index (χ4n) is 2.98. The summed E-state index contributed by atoms with van der Waals surface area (Å²) in [7, 11) is 0. The summed E-state index contributed by atoms with van der Waals surface area (Å²) < 4.78 is 15.3. The van der Waals surface area contributed by atoms with E-state index in [1.807, 2.05) is 5.38 Å². The van der Waals surface area contributed by atoms with Gasteiger partial charge in [-0.15, -0.1) is 5.10 Å². The van der Waals surface area contributed by atoms with E-state index < -0.39 is 0 Å². The van der Waals surface area contributed by atoms with Crippen LogP contribution < -0.4 is 11.3 Å². The van der Waals surface area contributed by atoms with Gasteiger partial charge in [0.25, 0.3) is 0 Å². The van der Waals surface area contributed by atoms with Crippen LogP contribution in [0.5, 0.6) is 0 Å². The van der Waals surface area contributed by atoms with E-state index in [0.717, 1.165) is 38.2 Å². The van der Waals surface area contributed by atoms with Crippen LogP contribution in [0.1, 0.15) is 31.0 Å². The molecule has 6 nitrogen and oxygen atoms in total. The van der Waals surface area contributed by atoms with Gasteiger partial charge in [0.05, 0.1) is 23.9 Å². The summed E-state index contributed by atoms with van der Waals surface area (Å²) in [5, 5.41) is 6.09. The number of hydrazine groups is 1. The highest BCUT2D eigenvalue weighted by Gasteiger charge is 2.43. The normalized spacial score (nSPS) is 33.9. The molecule has 1 aromatic rings. The highest BCUT2D eigenvalue weighted by atomic mass is 32.1. The van der Waals surface area contributed by atoms with Gasteiger partial charge in [0.15, 0.2) is 0 Å². The second-order valence-corrected chi connectivity index (χ2v) is 5.67. The zero-order chi connectivity index (χ0) is 12.4. The average Bonchev–Trinajstić information content (AvgIpc) is 3.03. The van der Waals surface area contributed by atoms with Crippen molar-refractivity contribution in [3.63, 3.8) is 0 Å². The molecule has 3 unspecified atom stereocenters. The van der Waals surface area contributed by atoms with Gasteiger partial charge in [-0.05, 0) is 30.3 Å². The van der Waals surface area contributed by atoms with Gasteiger partial charge in [-0.1, -0.05) is 4.49 Å². The number of hydrogen-bond donors (Lipinski definition) is 2. The molecule has 2 aliphatic rings. The molecule has 100 valence electrons. The Bertz CT molecular complexity index is 380.